The highest BCUT2D eigenvalue weighted by Gasteiger charge is 1.97. The van der Waals surface area contributed by atoms with Crippen molar-refractivity contribution in [2.45, 2.75) is 6.92 Å². The maximum Gasteiger partial charge on any atom is 0.119 e. The highest BCUT2D eigenvalue weighted by Crippen LogP contribution is 2.12. The van der Waals surface area contributed by atoms with Crippen molar-refractivity contribution in [3.05, 3.63) is 24.3 Å². The van der Waals surface area contributed by atoms with Crippen LogP contribution in [0.15, 0.2) is 24.3 Å². The molecule has 0 bridgehead atoms. The lowest BCUT2D eigenvalue weighted by Gasteiger charge is -2.09. The Morgan fingerprint density at radius 2 is 0.625 bits per heavy atom. The van der Waals surface area contributed by atoms with E-state index in [0.717, 1.165) is 5.75 Å². The Hall–Kier alpha value is -1.58. The first-order chi connectivity index (χ1) is 19.8. The summed E-state index contributed by atoms with van der Waals surface area (Å²) in [4.78, 5) is 0. The predicted octanol–water partition coefficient (Wildman–Crippen LogP) is 1.83. The van der Waals surface area contributed by atoms with Gasteiger partial charge in [0.15, 0.2) is 0 Å². The minimum Gasteiger partial charge on any atom is -0.491 e. The van der Waals surface area contributed by atoms with Crippen molar-refractivity contribution in [3.63, 3.8) is 0 Å². The van der Waals surface area contributed by atoms with Gasteiger partial charge in [-0.25, -0.2) is 0 Å². The number of rotatable bonds is 32. The average Bonchev–Trinajstić information content (AvgIpc) is 2.97. The van der Waals surface area contributed by atoms with Crippen LogP contribution in [-0.4, -0.2) is 139 Å². The van der Waals surface area contributed by atoms with E-state index in [0.29, 0.717) is 144 Å². The summed E-state index contributed by atoms with van der Waals surface area (Å²) in [7, 11) is 0. The Morgan fingerprint density at radius 1 is 0.375 bits per heavy atom. The molecule has 0 atom stereocenters. The zero-order valence-electron chi connectivity index (χ0n) is 24.2. The second kappa shape index (κ2) is 30.4. The summed E-state index contributed by atoms with van der Waals surface area (Å²) in [5.41, 5.74) is 6.35. The van der Waals surface area contributed by atoms with Crippen LogP contribution in [0.25, 0.3) is 0 Å². The third-order valence-electron chi connectivity index (χ3n) is 4.93. The zero-order valence-corrected chi connectivity index (χ0v) is 24.2. The van der Waals surface area contributed by atoms with Crippen LogP contribution in [0.1, 0.15) is 6.92 Å². The van der Waals surface area contributed by atoms with E-state index in [9.17, 15) is 0 Å². The number of anilines is 1. The van der Waals surface area contributed by atoms with Gasteiger partial charge in [0.25, 0.3) is 0 Å². The van der Waals surface area contributed by atoms with Gasteiger partial charge in [-0.2, -0.15) is 0 Å². The quantitative estimate of drug-likeness (QED) is 0.0991. The summed E-state index contributed by atoms with van der Waals surface area (Å²) in [6.07, 6.45) is 0. The predicted molar refractivity (Wildman–Crippen MR) is 150 cm³/mol. The standard InChI is InChI=1S/C28H51NO11/c1-2-30-7-8-31-9-10-32-11-12-33-13-14-34-15-16-35-17-18-36-19-20-37-21-22-38-23-24-39-25-26-40-28-5-3-27(29)4-6-28/h3-6H,2,7-26,29H2,1H3. The Kier molecular flexibility index (Phi) is 27.7. The molecule has 0 aromatic heterocycles. The first kappa shape index (κ1) is 36.4. The number of nitrogens with two attached hydrogens (primary N) is 1. The number of nitrogen functional groups attached to an aromatic ring is 1. The van der Waals surface area contributed by atoms with E-state index in [2.05, 4.69) is 0 Å². The molecule has 0 saturated heterocycles. The third-order valence-corrected chi connectivity index (χ3v) is 4.93. The third kappa shape index (κ3) is 26.6. The highest BCUT2D eigenvalue weighted by molar-refractivity contribution is 5.41. The molecular formula is C28H51NO11. The molecule has 1 aromatic carbocycles. The van der Waals surface area contributed by atoms with Crippen molar-refractivity contribution < 1.29 is 52.1 Å². The monoisotopic (exact) mass is 577 g/mol. The fourth-order valence-corrected chi connectivity index (χ4v) is 2.91. The van der Waals surface area contributed by atoms with Crippen LogP contribution in [0, 0.1) is 0 Å². The van der Waals surface area contributed by atoms with E-state index in [1.54, 1.807) is 12.1 Å². The van der Waals surface area contributed by atoms with Crippen molar-refractivity contribution in [3.8, 4) is 5.75 Å². The molecule has 0 amide bonds. The molecule has 12 nitrogen and oxygen atoms in total. The Balaban J connectivity index is 1.63. The van der Waals surface area contributed by atoms with Crippen LogP contribution < -0.4 is 10.5 Å². The van der Waals surface area contributed by atoms with Crippen LogP contribution in [-0.2, 0) is 47.4 Å². The SMILES string of the molecule is CCOCCOCCOCCOCCOCCOCCOCCOCCOCCOCCOc1ccc(N)cc1. The zero-order chi connectivity index (χ0) is 28.6. The lowest BCUT2D eigenvalue weighted by Crippen LogP contribution is -2.15. The minimum absolute atomic E-state index is 0.478. The van der Waals surface area contributed by atoms with E-state index in [1.165, 1.54) is 0 Å². The molecule has 0 aliphatic rings. The van der Waals surface area contributed by atoms with Crippen molar-refractivity contribution in [1.29, 1.82) is 0 Å². The van der Waals surface area contributed by atoms with Crippen LogP contribution >= 0.6 is 0 Å². The summed E-state index contributed by atoms with van der Waals surface area (Å²) >= 11 is 0. The largest absolute Gasteiger partial charge is 0.491 e. The Bertz CT molecular complexity index is 625. The van der Waals surface area contributed by atoms with Gasteiger partial charge in [-0.3, -0.25) is 0 Å². The molecular weight excluding hydrogens is 526 g/mol. The molecule has 0 spiro atoms. The maximum absolute atomic E-state index is 5.63. The second-order valence-electron chi connectivity index (χ2n) is 8.13. The van der Waals surface area contributed by atoms with Gasteiger partial charge in [-0.15, -0.1) is 0 Å². The van der Waals surface area contributed by atoms with Gasteiger partial charge in [0.05, 0.1) is 126 Å². The van der Waals surface area contributed by atoms with E-state index < -0.39 is 0 Å². The van der Waals surface area contributed by atoms with Gasteiger partial charge in [-0.05, 0) is 31.2 Å². The molecule has 2 N–H and O–H groups in total. The van der Waals surface area contributed by atoms with Gasteiger partial charge in [0.2, 0.25) is 0 Å². The summed E-state index contributed by atoms with van der Waals surface area (Å²) in [5.74, 6) is 0.774. The van der Waals surface area contributed by atoms with E-state index in [4.69, 9.17) is 57.8 Å². The van der Waals surface area contributed by atoms with Gasteiger partial charge in [0, 0.05) is 12.3 Å². The molecule has 0 fully saturated rings. The van der Waals surface area contributed by atoms with Gasteiger partial charge < -0.3 is 57.8 Å². The summed E-state index contributed by atoms with van der Waals surface area (Å²) in [5, 5.41) is 0. The molecule has 12 heteroatoms. The fourth-order valence-electron chi connectivity index (χ4n) is 2.91. The molecule has 0 saturated carbocycles. The highest BCUT2D eigenvalue weighted by atomic mass is 16.6. The molecule has 1 rings (SSSR count). The first-order valence-electron chi connectivity index (χ1n) is 14.1. The van der Waals surface area contributed by atoms with Gasteiger partial charge >= 0.3 is 0 Å². The van der Waals surface area contributed by atoms with Gasteiger partial charge in [-0.1, -0.05) is 0 Å². The van der Waals surface area contributed by atoms with Crippen molar-refractivity contribution in [2.24, 2.45) is 0 Å². The summed E-state index contributed by atoms with van der Waals surface area (Å²) in [6, 6.07) is 7.27. The number of hydrogen-bond donors (Lipinski definition) is 1. The number of benzene rings is 1. The van der Waals surface area contributed by atoms with Crippen molar-refractivity contribution in [1.82, 2.24) is 0 Å². The summed E-state index contributed by atoms with van der Waals surface area (Å²) in [6.45, 7) is 13.2. The number of ether oxygens (including phenoxy) is 11. The fraction of sp³-hybridized carbons (Fsp3) is 0.786. The second-order valence-corrected chi connectivity index (χ2v) is 8.13. The minimum atomic E-state index is 0.478. The molecule has 0 aliphatic heterocycles. The van der Waals surface area contributed by atoms with Crippen LogP contribution in [0.5, 0.6) is 5.75 Å². The molecule has 1 aromatic rings. The molecule has 0 aliphatic carbocycles. The Labute approximate surface area is 239 Å². The lowest BCUT2D eigenvalue weighted by atomic mass is 10.3. The van der Waals surface area contributed by atoms with Crippen LogP contribution in [0.3, 0.4) is 0 Å². The Morgan fingerprint density at radius 3 is 0.900 bits per heavy atom. The maximum atomic E-state index is 5.63. The van der Waals surface area contributed by atoms with Crippen molar-refractivity contribution in [2.75, 3.05) is 144 Å². The lowest BCUT2D eigenvalue weighted by molar-refractivity contribution is -0.0265. The van der Waals surface area contributed by atoms with E-state index >= 15 is 0 Å². The van der Waals surface area contributed by atoms with Crippen molar-refractivity contribution >= 4 is 5.69 Å². The van der Waals surface area contributed by atoms with E-state index in [-0.39, 0.29) is 0 Å². The first-order valence-corrected chi connectivity index (χ1v) is 14.1. The topological polar surface area (TPSA) is 128 Å². The molecule has 0 heterocycles. The molecule has 0 radical (unpaired) electrons. The smallest absolute Gasteiger partial charge is 0.119 e. The van der Waals surface area contributed by atoms with Crippen LogP contribution in [0.2, 0.25) is 0 Å². The molecule has 234 valence electrons. The molecule has 40 heavy (non-hydrogen) atoms. The van der Waals surface area contributed by atoms with Crippen LogP contribution in [0.4, 0.5) is 5.69 Å². The van der Waals surface area contributed by atoms with Gasteiger partial charge in [0.1, 0.15) is 12.4 Å². The van der Waals surface area contributed by atoms with E-state index in [1.807, 2.05) is 19.1 Å². The average molecular weight is 578 g/mol. The normalized spacial score (nSPS) is 11.3. The molecule has 0 unspecified atom stereocenters. The summed E-state index contributed by atoms with van der Waals surface area (Å²) < 4.78 is 59.7. The number of hydrogen-bond acceptors (Lipinski definition) is 12.